The van der Waals surface area contributed by atoms with Crippen molar-refractivity contribution < 1.29 is 22.3 Å². The minimum atomic E-state index is -4.67. The van der Waals surface area contributed by atoms with Crippen molar-refractivity contribution in [2.75, 3.05) is 13.2 Å². The molecule has 0 radical (unpaired) electrons. The third kappa shape index (κ3) is 37.8. The quantitative estimate of drug-likeness (QED) is 0.264. The zero-order chi connectivity index (χ0) is 18.5. The molecule has 0 spiro atoms. The van der Waals surface area contributed by atoms with E-state index in [1.54, 1.807) is 0 Å². The SMILES string of the molecule is CCCCCCCCCCOCCCCCCCC.O=S(=O)(O)O. The van der Waals surface area contributed by atoms with E-state index in [1.807, 2.05) is 0 Å². The zero-order valence-corrected chi connectivity index (χ0v) is 16.7. The third-order valence-electron chi connectivity index (χ3n) is 3.78. The summed E-state index contributed by atoms with van der Waals surface area (Å²) in [6.45, 7) is 6.53. The first-order valence-corrected chi connectivity index (χ1v) is 11.1. The molecular formula is C18H40O5S. The lowest BCUT2D eigenvalue weighted by Gasteiger charge is -2.04. The molecule has 0 aliphatic rings. The Morgan fingerprint density at radius 2 is 0.833 bits per heavy atom. The second-order valence-electron chi connectivity index (χ2n) is 6.30. The maximum Gasteiger partial charge on any atom is 0.394 e. The minimum absolute atomic E-state index is 0.989. The largest absolute Gasteiger partial charge is 0.394 e. The van der Waals surface area contributed by atoms with Crippen molar-refractivity contribution in [1.82, 2.24) is 0 Å². The normalized spacial score (nSPS) is 11.2. The van der Waals surface area contributed by atoms with Gasteiger partial charge in [0.15, 0.2) is 0 Å². The number of rotatable bonds is 16. The van der Waals surface area contributed by atoms with Gasteiger partial charge in [-0.15, -0.1) is 0 Å². The van der Waals surface area contributed by atoms with Gasteiger partial charge < -0.3 is 4.74 Å². The fraction of sp³-hybridized carbons (Fsp3) is 1.00. The molecule has 0 bridgehead atoms. The highest BCUT2D eigenvalue weighted by molar-refractivity contribution is 7.79. The van der Waals surface area contributed by atoms with Crippen molar-refractivity contribution in [2.24, 2.45) is 0 Å². The molecule has 0 fully saturated rings. The molecule has 0 saturated heterocycles. The van der Waals surface area contributed by atoms with Crippen LogP contribution in [0, 0.1) is 0 Å². The van der Waals surface area contributed by atoms with Gasteiger partial charge in [-0.1, -0.05) is 90.9 Å². The van der Waals surface area contributed by atoms with E-state index in [0.29, 0.717) is 0 Å². The second kappa shape index (κ2) is 20.9. The Labute approximate surface area is 150 Å². The highest BCUT2D eigenvalue weighted by Gasteiger charge is 1.93. The molecule has 0 aromatic carbocycles. The summed E-state index contributed by atoms with van der Waals surface area (Å²) in [5.74, 6) is 0. The van der Waals surface area contributed by atoms with Crippen LogP contribution < -0.4 is 0 Å². The predicted molar refractivity (Wildman–Crippen MR) is 101 cm³/mol. The Kier molecular flexibility index (Phi) is 22.7. The first-order chi connectivity index (χ1) is 11.4. The molecule has 5 nitrogen and oxygen atoms in total. The molecule has 0 heterocycles. The fourth-order valence-electron chi connectivity index (χ4n) is 2.42. The van der Waals surface area contributed by atoms with Gasteiger partial charge in [0.1, 0.15) is 0 Å². The first-order valence-electron chi connectivity index (χ1n) is 9.69. The molecule has 6 heteroatoms. The van der Waals surface area contributed by atoms with Gasteiger partial charge in [-0.2, -0.15) is 8.42 Å². The van der Waals surface area contributed by atoms with Crippen LogP contribution in [0.5, 0.6) is 0 Å². The lowest BCUT2D eigenvalue weighted by Crippen LogP contribution is -1.97. The van der Waals surface area contributed by atoms with E-state index in [2.05, 4.69) is 13.8 Å². The molecule has 0 aliphatic carbocycles. The number of ether oxygens (including phenoxy) is 1. The molecule has 148 valence electrons. The molecule has 0 atom stereocenters. The standard InChI is InChI=1S/C18H38O.H2O4S/c1-3-5-7-9-11-12-14-16-18-19-17-15-13-10-8-6-4-2;1-5(2,3)4/h3-18H2,1-2H3;(H2,1,2,3,4). The molecule has 0 rings (SSSR count). The van der Waals surface area contributed by atoms with E-state index in [1.165, 1.54) is 89.9 Å². The highest BCUT2D eigenvalue weighted by atomic mass is 32.3. The van der Waals surface area contributed by atoms with Gasteiger partial charge in [0, 0.05) is 13.2 Å². The van der Waals surface area contributed by atoms with E-state index in [9.17, 15) is 0 Å². The minimum Gasteiger partial charge on any atom is -0.381 e. The van der Waals surface area contributed by atoms with Crippen LogP contribution >= 0.6 is 0 Å². The van der Waals surface area contributed by atoms with Crippen LogP contribution in [0.15, 0.2) is 0 Å². The van der Waals surface area contributed by atoms with Gasteiger partial charge >= 0.3 is 10.4 Å². The topological polar surface area (TPSA) is 83.8 Å². The summed E-state index contributed by atoms with van der Waals surface area (Å²) in [6.07, 6.45) is 19.3. The number of hydrogen-bond donors (Lipinski definition) is 2. The van der Waals surface area contributed by atoms with Crippen molar-refractivity contribution in [1.29, 1.82) is 0 Å². The van der Waals surface area contributed by atoms with Gasteiger partial charge in [-0.3, -0.25) is 9.11 Å². The van der Waals surface area contributed by atoms with Crippen LogP contribution in [0.3, 0.4) is 0 Å². The van der Waals surface area contributed by atoms with Gasteiger partial charge in [0.05, 0.1) is 0 Å². The van der Waals surface area contributed by atoms with Crippen LogP contribution in [0.4, 0.5) is 0 Å². The van der Waals surface area contributed by atoms with Crippen LogP contribution in [0.1, 0.15) is 104 Å². The van der Waals surface area contributed by atoms with E-state index in [4.69, 9.17) is 22.3 Å². The summed E-state index contributed by atoms with van der Waals surface area (Å²) in [7, 11) is -4.67. The fourth-order valence-corrected chi connectivity index (χ4v) is 2.42. The van der Waals surface area contributed by atoms with E-state index >= 15 is 0 Å². The van der Waals surface area contributed by atoms with E-state index in [0.717, 1.165) is 13.2 Å². The molecule has 0 aromatic rings. The van der Waals surface area contributed by atoms with Gasteiger partial charge in [-0.25, -0.2) is 0 Å². The maximum atomic E-state index is 8.74. The highest BCUT2D eigenvalue weighted by Crippen LogP contribution is 2.09. The Balaban J connectivity index is 0. The maximum absolute atomic E-state index is 8.74. The summed E-state index contributed by atoms with van der Waals surface area (Å²) in [5, 5.41) is 0. The lowest BCUT2D eigenvalue weighted by molar-refractivity contribution is 0.125. The molecule has 0 aromatic heterocycles. The number of unbranched alkanes of at least 4 members (excludes halogenated alkanes) is 12. The second-order valence-corrected chi connectivity index (χ2v) is 7.20. The molecule has 24 heavy (non-hydrogen) atoms. The molecule has 0 unspecified atom stereocenters. The average molecular weight is 369 g/mol. The van der Waals surface area contributed by atoms with Crippen LogP contribution in [-0.4, -0.2) is 30.7 Å². The Hall–Kier alpha value is -0.170. The monoisotopic (exact) mass is 368 g/mol. The summed E-state index contributed by atoms with van der Waals surface area (Å²) in [4.78, 5) is 0. The van der Waals surface area contributed by atoms with E-state index < -0.39 is 10.4 Å². The summed E-state index contributed by atoms with van der Waals surface area (Å²) in [5.41, 5.74) is 0. The summed E-state index contributed by atoms with van der Waals surface area (Å²) < 4.78 is 37.3. The van der Waals surface area contributed by atoms with Crippen molar-refractivity contribution in [3.8, 4) is 0 Å². The van der Waals surface area contributed by atoms with Crippen LogP contribution in [0.25, 0.3) is 0 Å². The Morgan fingerprint density at radius 3 is 1.12 bits per heavy atom. The summed E-state index contributed by atoms with van der Waals surface area (Å²) in [6, 6.07) is 0. The predicted octanol–water partition coefficient (Wildman–Crippen LogP) is 5.85. The van der Waals surface area contributed by atoms with Crippen molar-refractivity contribution in [2.45, 2.75) is 104 Å². The van der Waals surface area contributed by atoms with Gasteiger partial charge in [0.25, 0.3) is 0 Å². The van der Waals surface area contributed by atoms with Crippen molar-refractivity contribution in [3.05, 3.63) is 0 Å². The summed E-state index contributed by atoms with van der Waals surface area (Å²) >= 11 is 0. The lowest BCUT2D eigenvalue weighted by atomic mass is 10.1. The number of hydrogen-bond acceptors (Lipinski definition) is 3. The van der Waals surface area contributed by atoms with Gasteiger partial charge in [0.2, 0.25) is 0 Å². The first kappa shape index (κ1) is 26.1. The van der Waals surface area contributed by atoms with Crippen LogP contribution in [0.2, 0.25) is 0 Å². The van der Waals surface area contributed by atoms with Crippen molar-refractivity contribution >= 4 is 10.4 Å². The zero-order valence-electron chi connectivity index (χ0n) is 15.8. The van der Waals surface area contributed by atoms with Crippen molar-refractivity contribution in [3.63, 3.8) is 0 Å². The molecule has 0 saturated carbocycles. The molecule has 0 amide bonds. The molecular weight excluding hydrogens is 328 g/mol. The average Bonchev–Trinajstić information content (AvgIpc) is 2.49. The van der Waals surface area contributed by atoms with Crippen LogP contribution in [-0.2, 0) is 15.1 Å². The Bertz CT molecular complexity index is 293. The smallest absolute Gasteiger partial charge is 0.381 e. The molecule has 0 aliphatic heterocycles. The third-order valence-corrected chi connectivity index (χ3v) is 3.78. The Morgan fingerprint density at radius 1 is 0.583 bits per heavy atom. The van der Waals surface area contributed by atoms with Gasteiger partial charge in [-0.05, 0) is 12.8 Å². The van der Waals surface area contributed by atoms with E-state index in [-0.39, 0.29) is 0 Å². The molecule has 2 N–H and O–H groups in total.